The first-order valence-corrected chi connectivity index (χ1v) is 6.66. The predicted molar refractivity (Wildman–Crippen MR) is 69.4 cm³/mol. The van der Waals surface area contributed by atoms with E-state index in [1.807, 2.05) is 0 Å². The van der Waals surface area contributed by atoms with Gasteiger partial charge in [-0.1, -0.05) is 12.8 Å². The second-order valence-electron chi connectivity index (χ2n) is 5.13. The third-order valence-electron chi connectivity index (χ3n) is 3.71. The summed E-state index contributed by atoms with van der Waals surface area (Å²) in [5.74, 6) is -1.00. The molecule has 1 rings (SSSR count). The maximum Gasteiger partial charge on any atom is 0.303 e. The van der Waals surface area contributed by atoms with E-state index in [-0.39, 0.29) is 18.7 Å². The standard InChI is InChI=1S/C13H24N2O3/c1-14(11-5-3-4-6-11)9-10-15(2)12(16)7-8-13(17)18/h11H,3-10H2,1-2H3,(H,17,18). The molecule has 0 unspecified atom stereocenters. The molecular weight excluding hydrogens is 232 g/mol. The number of carbonyl (C=O) groups excluding carboxylic acids is 1. The van der Waals surface area contributed by atoms with Crippen LogP contribution in [0.2, 0.25) is 0 Å². The molecule has 5 heteroatoms. The summed E-state index contributed by atoms with van der Waals surface area (Å²) in [5, 5.41) is 8.53. The van der Waals surface area contributed by atoms with Crippen molar-refractivity contribution in [3.63, 3.8) is 0 Å². The van der Waals surface area contributed by atoms with Gasteiger partial charge in [-0.3, -0.25) is 9.59 Å². The van der Waals surface area contributed by atoms with E-state index in [4.69, 9.17) is 5.11 Å². The van der Waals surface area contributed by atoms with Gasteiger partial charge in [0.15, 0.2) is 0 Å². The Balaban J connectivity index is 2.20. The number of rotatable bonds is 7. The van der Waals surface area contributed by atoms with Crippen LogP contribution in [0.3, 0.4) is 0 Å². The third kappa shape index (κ3) is 5.04. The number of aliphatic carboxylic acids is 1. The van der Waals surface area contributed by atoms with Crippen LogP contribution in [0.1, 0.15) is 38.5 Å². The van der Waals surface area contributed by atoms with Crippen LogP contribution in [-0.2, 0) is 9.59 Å². The van der Waals surface area contributed by atoms with Gasteiger partial charge in [-0.25, -0.2) is 0 Å². The summed E-state index contributed by atoms with van der Waals surface area (Å²) in [6.45, 7) is 1.53. The molecule has 1 aliphatic carbocycles. The molecule has 0 atom stereocenters. The van der Waals surface area contributed by atoms with Gasteiger partial charge in [0.1, 0.15) is 0 Å². The van der Waals surface area contributed by atoms with Gasteiger partial charge in [-0.05, 0) is 19.9 Å². The summed E-state index contributed by atoms with van der Waals surface area (Å²) >= 11 is 0. The molecule has 18 heavy (non-hydrogen) atoms. The van der Waals surface area contributed by atoms with E-state index in [2.05, 4.69) is 11.9 Å². The number of carbonyl (C=O) groups is 2. The van der Waals surface area contributed by atoms with E-state index >= 15 is 0 Å². The Morgan fingerprint density at radius 3 is 2.28 bits per heavy atom. The molecule has 5 nitrogen and oxygen atoms in total. The Hall–Kier alpha value is -1.10. The molecule has 0 heterocycles. The SMILES string of the molecule is CN(CCN(C)C1CCCC1)C(=O)CCC(=O)O. The summed E-state index contributed by atoms with van der Waals surface area (Å²) in [6, 6.07) is 0.660. The Bertz CT molecular complexity index is 288. The first-order chi connectivity index (χ1) is 8.50. The van der Waals surface area contributed by atoms with Crippen LogP contribution in [0.15, 0.2) is 0 Å². The van der Waals surface area contributed by atoms with E-state index in [1.165, 1.54) is 25.7 Å². The maximum absolute atomic E-state index is 11.6. The van der Waals surface area contributed by atoms with Gasteiger partial charge in [0.05, 0.1) is 6.42 Å². The zero-order valence-electron chi connectivity index (χ0n) is 11.4. The lowest BCUT2D eigenvalue weighted by molar-refractivity contribution is -0.140. The van der Waals surface area contributed by atoms with E-state index in [0.29, 0.717) is 12.6 Å². The molecule has 0 aliphatic heterocycles. The largest absolute Gasteiger partial charge is 0.481 e. The molecule has 1 fully saturated rings. The van der Waals surface area contributed by atoms with Crippen LogP contribution in [0, 0.1) is 0 Å². The van der Waals surface area contributed by atoms with Crippen molar-refractivity contribution in [3.05, 3.63) is 0 Å². The Morgan fingerprint density at radius 1 is 1.11 bits per heavy atom. The molecule has 0 aromatic heterocycles. The average molecular weight is 256 g/mol. The molecule has 0 bridgehead atoms. The normalized spacial score (nSPS) is 16.2. The Labute approximate surface area is 109 Å². The quantitative estimate of drug-likeness (QED) is 0.743. The number of hydrogen-bond donors (Lipinski definition) is 1. The molecule has 0 radical (unpaired) electrons. The Morgan fingerprint density at radius 2 is 1.72 bits per heavy atom. The number of carboxylic acids is 1. The number of nitrogens with zero attached hydrogens (tertiary/aromatic N) is 2. The van der Waals surface area contributed by atoms with Crippen molar-refractivity contribution in [1.29, 1.82) is 0 Å². The zero-order chi connectivity index (χ0) is 13.5. The minimum Gasteiger partial charge on any atom is -0.481 e. The van der Waals surface area contributed by atoms with E-state index in [0.717, 1.165) is 6.54 Å². The minimum absolute atomic E-state index is 0.0817. The summed E-state index contributed by atoms with van der Waals surface area (Å²) in [5.41, 5.74) is 0. The molecule has 1 aliphatic rings. The lowest BCUT2D eigenvalue weighted by atomic mass is 10.2. The Kier molecular flexibility index (Phi) is 6.12. The van der Waals surface area contributed by atoms with Crippen LogP contribution >= 0.6 is 0 Å². The molecule has 1 amide bonds. The van der Waals surface area contributed by atoms with Crippen molar-refractivity contribution in [2.24, 2.45) is 0 Å². The number of carboxylic acid groups (broad SMARTS) is 1. The van der Waals surface area contributed by atoms with Gasteiger partial charge in [0, 0.05) is 32.6 Å². The monoisotopic (exact) mass is 256 g/mol. The fraction of sp³-hybridized carbons (Fsp3) is 0.846. The van der Waals surface area contributed by atoms with E-state index < -0.39 is 5.97 Å². The van der Waals surface area contributed by atoms with Crippen molar-refractivity contribution in [1.82, 2.24) is 9.80 Å². The molecular formula is C13H24N2O3. The van der Waals surface area contributed by atoms with Gasteiger partial charge in [0.25, 0.3) is 0 Å². The van der Waals surface area contributed by atoms with Crippen LogP contribution in [0.25, 0.3) is 0 Å². The van der Waals surface area contributed by atoms with Crippen LogP contribution in [0.5, 0.6) is 0 Å². The van der Waals surface area contributed by atoms with Gasteiger partial charge in [-0.15, -0.1) is 0 Å². The second-order valence-corrected chi connectivity index (χ2v) is 5.13. The maximum atomic E-state index is 11.6. The topological polar surface area (TPSA) is 60.9 Å². The number of amides is 1. The third-order valence-corrected chi connectivity index (χ3v) is 3.71. The lowest BCUT2D eigenvalue weighted by Gasteiger charge is -2.26. The molecule has 0 spiro atoms. The summed E-state index contributed by atoms with van der Waals surface area (Å²) in [4.78, 5) is 26.0. The fourth-order valence-electron chi connectivity index (χ4n) is 2.36. The van der Waals surface area contributed by atoms with Crippen LogP contribution in [0.4, 0.5) is 0 Å². The van der Waals surface area contributed by atoms with Gasteiger partial charge in [-0.2, -0.15) is 0 Å². The first-order valence-electron chi connectivity index (χ1n) is 6.66. The van der Waals surface area contributed by atoms with Crippen molar-refractivity contribution >= 4 is 11.9 Å². The first kappa shape index (κ1) is 15.0. The van der Waals surface area contributed by atoms with E-state index in [1.54, 1.807) is 11.9 Å². The van der Waals surface area contributed by atoms with Crippen molar-refractivity contribution in [2.75, 3.05) is 27.2 Å². The van der Waals surface area contributed by atoms with Gasteiger partial charge < -0.3 is 14.9 Å². The molecule has 1 saturated carbocycles. The predicted octanol–water partition coefficient (Wildman–Crippen LogP) is 1.18. The molecule has 0 aromatic rings. The smallest absolute Gasteiger partial charge is 0.303 e. The molecule has 104 valence electrons. The van der Waals surface area contributed by atoms with Gasteiger partial charge >= 0.3 is 5.97 Å². The average Bonchev–Trinajstić information content (AvgIpc) is 2.86. The highest BCUT2D eigenvalue weighted by atomic mass is 16.4. The summed E-state index contributed by atoms with van der Waals surface area (Å²) < 4.78 is 0. The summed E-state index contributed by atoms with van der Waals surface area (Å²) in [6.07, 6.45) is 5.14. The van der Waals surface area contributed by atoms with E-state index in [9.17, 15) is 9.59 Å². The molecule has 0 aromatic carbocycles. The molecule has 0 saturated heterocycles. The highest BCUT2D eigenvalue weighted by Crippen LogP contribution is 2.21. The van der Waals surface area contributed by atoms with Crippen molar-refractivity contribution in [3.8, 4) is 0 Å². The minimum atomic E-state index is -0.917. The summed E-state index contributed by atoms with van der Waals surface area (Å²) in [7, 11) is 3.85. The van der Waals surface area contributed by atoms with Crippen molar-refractivity contribution in [2.45, 2.75) is 44.6 Å². The lowest BCUT2D eigenvalue weighted by Crippen LogP contribution is -2.38. The van der Waals surface area contributed by atoms with Crippen LogP contribution in [-0.4, -0.2) is 60.0 Å². The fourth-order valence-corrected chi connectivity index (χ4v) is 2.36. The van der Waals surface area contributed by atoms with Crippen molar-refractivity contribution < 1.29 is 14.7 Å². The highest BCUT2D eigenvalue weighted by molar-refractivity contribution is 5.80. The number of hydrogen-bond acceptors (Lipinski definition) is 3. The number of likely N-dealkylation sites (N-methyl/N-ethyl adjacent to an activating group) is 2. The molecule has 1 N–H and O–H groups in total. The van der Waals surface area contributed by atoms with Gasteiger partial charge in [0.2, 0.25) is 5.91 Å². The highest BCUT2D eigenvalue weighted by Gasteiger charge is 2.20. The second kappa shape index (κ2) is 7.36. The zero-order valence-corrected chi connectivity index (χ0v) is 11.4. The van der Waals surface area contributed by atoms with Crippen LogP contribution < -0.4 is 0 Å².